The number of allylic oxidation sites excluding steroid dienone is 2. The third kappa shape index (κ3) is 5.24. The van der Waals surface area contributed by atoms with Gasteiger partial charge in [0.15, 0.2) is 0 Å². The predicted molar refractivity (Wildman–Crippen MR) is 137 cm³/mol. The van der Waals surface area contributed by atoms with Crippen LogP contribution in [0.4, 0.5) is 0 Å². The van der Waals surface area contributed by atoms with Crippen LogP contribution in [0, 0.1) is 34.5 Å². The lowest BCUT2D eigenvalue weighted by Gasteiger charge is -2.56. The molecule has 0 aliphatic heterocycles. The summed E-state index contributed by atoms with van der Waals surface area (Å²) in [5, 5.41) is 0. The summed E-state index contributed by atoms with van der Waals surface area (Å²) in [5.41, 5.74) is 2.44. The van der Waals surface area contributed by atoms with Crippen molar-refractivity contribution in [3.05, 3.63) is 48.3 Å². The number of nitrogens with zero attached hydrogens (tertiary/aromatic N) is 1. The Hall–Kier alpha value is -2.43. The molecule has 35 heavy (non-hydrogen) atoms. The Morgan fingerprint density at radius 3 is 2.60 bits per heavy atom. The number of aromatic nitrogens is 1. The van der Waals surface area contributed by atoms with E-state index in [-0.39, 0.29) is 34.8 Å². The van der Waals surface area contributed by atoms with Gasteiger partial charge in [-0.2, -0.15) is 0 Å². The Morgan fingerprint density at radius 1 is 1.11 bits per heavy atom. The van der Waals surface area contributed by atoms with Crippen LogP contribution in [-0.4, -0.2) is 29.6 Å². The maximum atomic E-state index is 11.8. The van der Waals surface area contributed by atoms with Gasteiger partial charge < -0.3 is 9.47 Å². The lowest BCUT2D eigenvalue weighted by atomic mass is 9.49. The highest BCUT2D eigenvalue weighted by Crippen LogP contribution is 2.63. The van der Waals surface area contributed by atoms with Gasteiger partial charge in [0.25, 0.3) is 0 Å². The average Bonchev–Trinajstić information content (AvgIpc) is 3.12. The second-order valence-electron chi connectivity index (χ2n) is 11.5. The molecular formula is C30H41NO4. The third-order valence-corrected chi connectivity index (χ3v) is 9.61. The fourth-order valence-corrected chi connectivity index (χ4v) is 7.58. The van der Waals surface area contributed by atoms with Gasteiger partial charge in [-0.05, 0) is 91.7 Å². The van der Waals surface area contributed by atoms with Crippen molar-refractivity contribution in [2.45, 2.75) is 78.7 Å². The van der Waals surface area contributed by atoms with Crippen LogP contribution in [0.1, 0.15) is 78.3 Å². The lowest BCUT2D eigenvalue weighted by Crippen LogP contribution is -2.51. The molecule has 0 saturated heterocycles. The fraction of sp³-hybridized carbons (Fsp3) is 0.633. The van der Waals surface area contributed by atoms with Crippen molar-refractivity contribution in [3.63, 3.8) is 0 Å². The molecule has 3 aliphatic carbocycles. The van der Waals surface area contributed by atoms with Crippen LogP contribution >= 0.6 is 0 Å². The maximum absolute atomic E-state index is 11.8. The van der Waals surface area contributed by atoms with Crippen molar-refractivity contribution in [3.8, 4) is 0 Å². The minimum absolute atomic E-state index is 0.0119. The standard InChI is InChI=1S/C30H41NO4/c1-20-9-12-27-26(19-34-21(2)32)28(14-16-29(20,27)4)30(5)15-13-25(35-22(3)33)18-23(30)10-11-24-8-6-7-17-31-24/h6-8,10-11,17,23,25-28H,1,9,12-16,18-19H2,2-5H3/t23-,25-,26-,27?,28?,29+,30-/m0/s1. The zero-order valence-corrected chi connectivity index (χ0v) is 21.8. The monoisotopic (exact) mass is 479 g/mol. The van der Waals surface area contributed by atoms with E-state index in [0.717, 1.165) is 50.6 Å². The molecule has 5 heteroatoms. The zero-order valence-electron chi connectivity index (χ0n) is 21.8. The SMILES string of the molecule is C=C1CCC2[C@H](COC(C)=O)C([C@@]3(C)CC[C@H](OC(C)=O)C[C@@H]3C=Cc3ccccn3)CC[C@]12C. The largest absolute Gasteiger partial charge is 0.466 e. The van der Waals surface area contributed by atoms with Crippen LogP contribution in [0.2, 0.25) is 0 Å². The Labute approximate surface area is 210 Å². The first-order valence-corrected chi connectivity index (χ1v) is 13.2. The lowest BCUT2D eigenvalue weighted by molar-refractivity contribution is -0.154. The van der Waals surface area contributed by atoms with Crippen molar-refractivity contribution in [1.82, 2.24) is 4.98 Å². The molecule has 0 spiro atoms. The summed E-state index contributed by atoms with van der Waals surface area (Å²) in [6.45, 7) is 12.7. The van der Waals surface area contributed by atoms with E-state index in [1.165, 1.54) is 19.4 Å². The molecule has 1 heterocycles. The number of carbonyl (C=O) groups excluding carboxylic acids is 2. The number of carbonyl (C=O) groups is 2. The Kier molecular flexibility index (Phi) is 7.54. The first kappa shape index (κ1) is 25.7. The van der Waals surface area contributed by atoms with Crippen LogP contribution in [0.5, 0.6) is 0 Å². The van der Waals surface area contributed by atoms with Gasteiger partial charge in [-0.3, -0.25) is 14.6 Å². The molecule has 0 N–H and O–H groups in total. The molecule has 4 rings (SSSR count). The number of fused-ring (bicyclic) bond motifs is 1. The highest BCUT2D eigenvalue weighted by Gasteiger charge is 2.57. The summed E-state index contributed by atoms with van der Waals surface area (Å²) < 4.78 is 11.4. The van der Waals surface area contributed by atoms with Crippen molar-refractivity contribution >= 4 is 18.0 Å². The average molecular weight is 480 g/mol. The molecule has 3 fully saturated rings. The Morgan fingerprint density at radius 2 is 1.91 bits per heavy atom. The van der Waals surface area contributed by atoms with Gasteiger partial charge >= 0.3 is 11.9 Å². The molecule has 0 bridgehead atoms. The minimum atomic E-state index is -0.211. The van der Waals surface area contributed by atoms with Gasteiger partial charge in [-0.25, -0.2) is 0 Å². The molecule has 5 nitrogen and oxygen atoms in total. The van der Waals surface area contributed by atoms with Crippen molar-refractivity contribution in [2.75, 3.05) is 6.61 Å². The van der Waals surface area contributed by atoms with Crippen molar-refractivity contribution in [2.24, 2.45) is 34.5 Å². The van der Waals surface area contributed by atoms with E-state index in [2.05, 4.69) is 37.6 Å². The topological polar surface area (TPSA) is 65.5 Å². The zero-order chi connectivity index (χ0) is 25.2. The van der Waals surface area contributed by atoms with Crippen molar-refractivity contribution in [1.29, 1.82) is 0 Å². The molecule has 1 aromatic rings. The Bertz CT molecular complexity index is 972. The summed E-state index contributed by atoms with van der Waals surface area (Å²) in [5.74, 6) is 1.03. The number of rotatable bonds is 6. The van der Waals surface area contributed by atoms with Crippen LogP contribution in [0.25, 0.3) is 6.08 Å². The number of hydrogen-bond acceptors (Lipinski definition) is 5. The van der Waals surface area contributed by atoms with Crippen LogP contribution in [0.3, 0.4) is 0 Å². The van der Waals surface area contributed by atoms with Crippen LogP contribution in [0.15, 0.2) is 42.6 Å². The first-order chi connectivity index (χ1) is 16.6. The molecule has 7 atom stereocenters. The summed E-state index contributed by atoms with van der Waals surface area (Å²) in [7, 11) is 0. The molecular weight excluding hydrogens is 438 g/mol. The highest BCUT2D eigenvalue weighted by molar-refractivity contribution is 5.66. The van der Waals surface area contributed by atoms with E-state index in [9.17, 15) is 9.59 Å². The molecule has 190 valence electrons. The number of ether oxygens (including phenoxy) is 2. The van der Waals surface area contributed by atoms with Gasteiger partial charge in [0.1, 0.15) is 6.10 Å². The number of esters is 2. The minimum Gasteiger partial charge on any atom is -0.466 e. The van der Waals surface area contributed by atoms with E-state index < -0.39 is 0 Å². The first-order valence-electron chi connectivity index (χ1n) is 13.2. The molecule has 0 radical (unpaired) electrons. The number of hydrogen-bond donors (Lipinski definition) is 0. The summed E-state index contributed by atoms with van der Waals surface area (Å²) in [6.07, 6.45) is 13.2. The van der Waals surface area contributed by atoms with E-state index in [4.69, 9.17) is 9.47 Å². The Balaban J connectivity index is 1.66. The van der Waals surface area contributed by atoms with Crippen molar-refractivity contribution < 1.29 is 19.1 Å². The quantitative estimate of drug-likeness (QED) is 0.349. The molecule has 2 unspecified atom stereocenters. The highest BCUT2D eigenvalue weighted by atomic mass is 16.5. The maximum Gasteiger partial charge on any atom is 0.302 e. The summed E-state index contributed by atoms with van der Waals surface area (Å²) >= 11 is 0. The fourth-order valence-electron chi connectivity index (χ4n) is 7.58. The smallest absolute Gasteiger partial charge is 0.302 e. The third-order valence-electron chi connectivity index (χ3n) is 9.61. The second kappa shape index (κ2) is 10.3. The summed E-state index contributed by atoms with van der Waals surface area (Å²) in [6, 6.07) is 5.94. The van der Waals surface area contributed by atoms with Crippen LogP contribution < -0.4 is 0 Å². The molecule has 1 aromatic heterocycles. The predicted octanol–water partition coefficient (Wildman–Crippen LogP) is 6.39. The molecule has 0 aromatic carbocycles. The second-order valence-corrected chi connectivity index (χ2v) is 11.5. The van der Waals surface area contributed by atoms with Gasteiger partial charge in [-0.15, -0.1) is 0 Å². The van der Waals surface area contributed by atoms with E-state index >= 15 is 0 Å². The van der Waals surface area contributed by atoms with Crippen LogP contribution in [-0.2, 0) is 19.1 Å². The van der Waals surface area contributed by atoms with E-state index in [0.29, 0.717) is 24.4 Å². The van der Waals surface area contributed by atoms with Gasteiger partial charge in [0.2, 0.25) is 0 Å². The number of pyridine rings is 1. The van der Waals surface area contributed by atoms with E-state index in [1.54, 1.807) is 0 Å². The normalized spacial score (nSPS) is 37.1. The molecule has 0 amide bonds. The molecule has 3 aliphatic rings. The van der Waals surface area contributed by atoms with Gasteiger partial charge in [0, 0.05) is 26.0 Å². The van der Waals surface area contributed by atoms with Gasteiger partial charge in [-0.1, -0.05) is 38.1 Å². The molecule has 3 saturated carbocycles. The summed E-state index contributed by atoms with van der Waals surface area (Å²) in [4.78, 5) is 28.1. The van der Waals surface area contributed by atoms with E-state index in [1.807, 2.05) is 24.4 Å². The van der Waals surface area contributed by atoms with Gasteiger partial charge in [0.05, 0.1) is 12.3 Å².